The molecule has 1 N–H and O–H groups in total. The Hall–Kier alpha value is -2.55. The maximum absolute atomic E-state index is 12.6. The average molecular weight is 305 g/mol. The predicted octanol–water partition coefficient (Wildman–Crippen LogP) is 5.04. The maximum atomic E-state index is 12.6. The Morgan fingerprint density at radius 2 is 1.74 bits per heavy atom. The molecule has 2 aromatic carbocycles. The zero-order valence-electron chi connectivity index (χ0n) is 12.9. The number of carbonyl (C=O) groups is 1. The third kappa shape index (κ3) is 2.63. The van der Waals surface area contributed by atoms with Crippen molar-refractivity contribution in [2.24, 2.45) is 0 Å². The van der Waals surface area contributed by atoms with Gasteiger partial charge in [0.1, 0.15) is 5.75 Å². The lowest BCUT2D eigenvalue weighted by Crippen LogP contribution is -2.10. The molecule has 0 bridgehead atoms. The molecule has 0 amide bonds. The fourth-order valence-corrected chi connectivity index (χ4v) is 3.54. The van der Waals surface area contributed by atoms with Gasteiger partial charge in [0.05, 0.1) is 5.56 Å². The van der Waals surface area contributed by atoms with Gasteiger partial charge in [-0.2, -0.15) is 0 Å². The zero-order valence-corrected chi connectivity index (χ0v) is 12.9. The highest BCUT2D eigenvalue weighted by molar-refractivity contribution is 6.04. The number of fused-ring (bicyclic) bond motifs is 1. The number of H-pyrrole nitrogens is 1. The number of ether oxygens (including phenoxy) is 1. The minimum atomic E-state index is -0.298. The zero-order chi connectivity index (χ0) is 15.6. The van der Waals surface area contributed by atoms with Gasteiger partial charge in [-0.1, -0.05) is 49.2 Å². The highest BCUT2D eigenvalue weighted by Crippen LogP contribution is 2.38. The summed E-state index contributed by atoms with van der Waals surface area (Å²) in [6.07, 6.45) is 6.61. The van der Waals surface area contributed by atoms with Crippen molar-refractivity contribution in [1.29, 1.82) is 0 Å². The lowest BCUT2D eigenvalue weighted by Gasteiger charge is -2.14. The first kappa shape index (κ1) is 14.1. The van der Waals surface area contributed by atoms with Crippen LogP contribution in [0.3, 0.4) is 0 Å². The van der Waals surface area contributed by atoms with Crippen LogP contribution < -0.4 is 4.74 Å². The molecule has 0 atom stereocenters. The third-order valence-electron chi connectivity index (χ3n) is 4.73. The van der Waals surface area contributed by atoms with E-state index in [1.807, 2.05) is 42.5 Å². The summed E-state index contributed by atoms with van der Waals surface area (Å²) in [7, 11) is 0. The molecule has 4 rings (SSSR count). The fourth-order valence-electron chi connectivity index (χ4n) is 3.54. The number of nitrogens with one attached hydrogen (secondary N) is 1. The van der Waals surface area contributed by atoms with E-state index in [0.29, 0.717) is 17.2 Å². The fraction of sp³-hybridized carbons (Fsp3) is 0.250. The monoisotopic (exact) mass is 305 g/mol. The van der Waals surface area contributed by atoms with Crippen molar-refractivity contribution in [3.8, 4) is 5.75 Å². The number of rotatable bonds is 3. The van der Waals surface area contributed by atoms with E-state index in [1.165, 1.54) is 25.7 Å². The molecule has 1 aliphatic carbocycles. The second-order valence-corrected chi connectivity index (χ2v) is 6.16. The summed E-state index contributed by atoms with van der Waals surface area (Å²) in [6.45, 7) is 0. The van der Waals surface area contributed by atoms with E-state index in [4.69, 9.17) is 4.74 Å². The quantitative estimate of drug-likeness (QED) is 0.544. The predicted molar refractivity (Wildman–Crippen MR) is 90.9 cm³/mol. The normalized spacial score (nSPS) is 15.1. The summed E-state index contributed by atoms with van der Waals surface area (Å²) in [5, 5.41) is 0.899. The first-order valence-electron chi connectivity index (χ1n) is 8.20. The van der Waals surface area contributed by atoms with E-state index in [9.17, 15) is 4.79 Å². The lowest BCUT2D eigenvalue weighted by atomic mass is 9.97. The van der Waals surface area contributed by atoms with Gasteiger partial charge in [-0.25, -0.2) is 4.79 Å². The van der Waals surface area contributed by atoms with Gasteiger partial charge in [-0.05, 0) is 36.5 Å². The number of hydrogen-bond donors (Lipinski definition) is 1. The van der Waals surface area contributed by atoms with Crippen LogP contribution in [0.5, 0.6) is 5.75 Å². The van der Waals surface area contributed by atoms with Crippen LogP contribution in [0.25, 0.3) is 10.9 Å². The Kier molecular flexibility index (Phi) is 3.62. The van der Waals surface area contributed by atoms with Crippen molar-refractivity contribution in [2.45, 2.75) is 31.6 Å². The van der Waals surface area contributed by atoms with Gasteiger partial charge in [0.15, 0.2) is 0 Å². The molecule has 1 fully saturated rings. The summed E-state index contributed by atoms with van der Waals surface area (Å²) in [6, 6.07) is 15.7. The number of esters is 1. The summed E-state index contributed by atoms with van der Waals surface area (Å²) in [5.41, 5.74) is 2.70. The summed E-state index contributed by atoms with van der Waals surface area (Å²) < 4.78 is 5.75. The van der Waals surface area contributed by atoms with Gasteiger partial charge >= 0.3 is 5.97 Å². The van der Waals surface area contributed by atoms with Crippen LogP contribution in [0.2, 0.25) is 0 Å². The van der Waals surface area contributed by atoms with Gasteiger partial charge in [0.2, 0.25) is 0 Å². The van der Waals surface area contributed by atoms with Crippen molar-refractivity contribution in [3.63, 3.8) is 0 Å². The van der Waals surface area contributed by atoms with Crippen LogP contribution in [0, 0.1) is 0 Å². The largest absolute Gasteiger partial charge is 0.423 e. The molecule has 3 heteroatoms. The number of hydrogen-bond acceptors (Lipinski definition) is 2. The number of aromatic nitrogens is 1. The molecule has 0 spiro atoms. The Balaban J connectivity index is 1.64. The molecule has 116 valence electrons. The van der Waals surface area contributed by atoms with Crippen LogP contribution in [-0.2, 0) is 0 Å². The standard InChI is InChI=1S/C20H19NO2/c22-20(17-13-21-18-11-5-3-10-16(17)18)23-19-12-6-4-9-15(19)14-7-1-2-8-14/h3-6,9-14,21H,1-2,7-8H2. The topological polar surface area (TPSA) is 42.1 Å². The number of aromatic amines is 1. The SMILES string of the molecule is O=C(Oc1ccccc1C1CCCC1)c1c[nH]c2ccccc12. The molecule has 0 aliphatic heterocycles. The van der Waals surface area contributed by atoms with Crippen molar-refractivity contribution in [1.82, 2.24) is 4.98 Å². The van der Waals surface area contributed by atoms with Crippen LogP contribution in [0.15, 0.2) is 54.7 Å². The van der Waals surface area contributed by atoms with Crippen molar-refractivity contribution in [2.75, 3.05) is 0 Å². The van der Waals surface area contributed by atoms with E-state index in [1.54, 1.807) is 6.20 Å². The summed E-state index contributed by atoms with van der Waals surface area (Å²) in [4.78, 5) is 15.7. The molecule has 0 unspecified atom stereocenters. The molecule has 1 heterocycles. The third-order valence-corrected chi connectivity index (χ3v) is 4.73. The molecule has 0 radical (unpaired) electrons. The van der Waals surface area contributed by atoms with Gasteiger partial charge in [-0.15, -0.1) is 0 Å². The van der Waals surface area contributed by atoms with Gasteiger partial charge in [0.25, 0.3) is 0 Å². The van der Waals surface area contributed by atoms with Gasteiger partial charge < -0.3 is 9.72 Å². The van der Waals surface area contributed by atoms with Crippen molar-refractivity contribution in [3.05, 3.63) is 65.9 Å². The van der Waals surface area contributed by atoms with Crippen LogP contribution in [0.4, 0.5) is 0 Å². The Bertz CT molecular complexity index is 843. The van der Waals surface area contributed by atoms with Gasteiger partial charge in [-0.3, -0.25) is 0 Å². The summed E-state index contributed by atoms with van der Waals surface area (Å²) in [5.74, 6) is 0.921. The van der Waals surface area contributed by atoms with E-state index in [0.717, 1.165) is 16.5 Å². The first-order valence-corrected chi connectivity index (χ1v) is 8.20. The second kappa shape index (κ2) is 5.92. The number of benzene rings is 2. The molecule has 3 aromatic rings. The average Bonchev–Trinajstić information content (AvgIpc) is 3.25. The molecular formula is C20H19NO2. The van der Waals surface area contributed by atoms with Crippen molar-refractivity contribution >= 4 is 16.9 Å². The van der Waals surface area contributed by atoms with Gasteiger partial charge in [0, 0.05) is 17.1 Å². The van der Waals surface area contributed by atoms with Crippen LogP contribution >= 0.6 is 0 Å². The Morgan fingerprint density at radius 3 is 2.61 bits per heavy atom. The summed E-state index contributed by atoms with van der Waals surface area (Å²) >= 11 is 0. The van der Waals surface area contributed by atoms with Crippen LogP contribution in [0.1, 0.15) is 47.5 Å². The van der Waals surface area contributed by atoms with E-state index in [2.05, 4.69) is 11.1 Å². The van der Waals surface area contributed by atoms with E-state index in [-0.39, 0.29) is 5.97 Å². The van der Waals surface area contributed by atoms with Crippen LogP contribution in [-0.4, -0.2) is 11.0 Å². The highest BCUT2D eigenvalue weighted by atomic mass is 16.5. The molecule has 1 saturated carbocycles. The minimum Gasteiger partial charge on any atom is -0.423 e. The molecule has 0 saturated heterocycles. The van der Waals surface area contributed by atoms with E-state index >= 15 is 0 Å². The number of para-hydroxylation sites is 2. The smallest absolute Gasteiger partial charge is 0.345 e. The Labute approximate surface area is 135 Å². The minimum absolute atomic E-state index is 0.298. The second-order valence-electron chi connectivity index (χ2n) is 6.16. The van der Waals surface area contributed by atoms with E-state index < -0.39 is 0 Å². The molecule has 23 heavy (non-hydrogen) atoms. The molecule has 3 nitrogen and oxygen atoms in total. The molecule has 1 aliphatic rings. The maximum Gasteiger partial charge on any atom is 0.345 e. The van der Waals surface area contributed by atoms with Crippen molar-refractivity contribution < 1.29 is 9.53 Å². The number of carbonyl (C=O) groups excluding carboxylic acids is 1. The molecular weight excluding hydrogens is 286 g/mol. The lowest BCUT2D eigenvalue weighted by molar-refractivity contribution is 0.0734. The Morgan fingerprint density at radius 1 is 1.00 bits per heavy atom. The molecule has 1 aromatic heterocycles. The highest BCUT2D eigenvalue weighted by Gasteiger charge is 2.22. The first-order chi connectivity index (χ1) is 11.3.